The average molecular weight is 441 g/mol. The van der Waals surface area contributed by atoms with Crippen molar-refractivity contribution in [2.45, 2.75) is 123 Å². The summed E-state index contributed by atoms with van der Waals surface area (Å²) in [4.78, 5) is 37.4. The summed E-state index contributed by atoms with van der Waals surface area (Å²) in [5.74, 6) is -0.376. The minimum Gasteiger partial charge on any atom is -0.355 e. The lowest BCUT2D eigenvalue weighted by molar-refractivity contribution is -0.133. The van der Waals surface area contributed by atoms with Crippen LogP contribution in [0.15, 0.2) is 0 Å². The monoisotopic (exact) mass is 440 g/mol. The maximum Gasteiger partial charge on any atom is 0.237 e. The van der Waals surface area contributed by atoms with Crippen molar-refractivity contribution in [2.75, 3.05) is 6.54 Å². The molecule has 0 rings (SSSR count). The van der Waals surface area contributed by atoms with Crippen molar-refractivity contribution >= 4 is 17.6 Å². The van der Waals surface area contributed by atoms with Gasteiger partial charge >= 0.3 is 0 Å². The second-order valence-corrected chi connectivity index (χ2v) is 9.67. The predicted molar refractivity (Wildman–Crippen MR) is 127 cm³/mol. The average Bonchev–Trinajstić information content (AvgIpc) is 2.71. The fourth-order valence-corrected chi connectivity index (χ4v) is 3.38. The lowest BCUT2D eigenvalue weighted by atomic mass is 9.84. The van der Waals surface area contributed by atoms with Crippen LogP contribution in [0.5, 0.6) is 0 Å². The Bertz CT molecular complexity index is 531. The molecule has 0 radical (unpaired) electrons. The SMILES string of the molecule is CCCCCC(N)C(=O)NCCCCC(NC(=O)C(N)CCCCC)C(=O)C(C)(C)C. The molecule has 182 valence electrons. The third-order valence-corrected chi connectivity index (χ3v) is 5.50. The fourth-order valence-electron chi connectivity index (χ4n) is 3.38. The van der Waals surface area contributed by atoms with Crippen molar-refractivity contribution in [2.24, 2.45) is 16.9 Å². The van der Waals surface area contributed by atoms with Crippen LogP contribution in [0.3, 0.4) is 0 Å². The topological polar surface area (TPSA) is 127 Å². The first-order valence-corrected chi connectivity index (χ1v) is 12.2. The molecule has 0 spiro atoms. The van der Waals surface area contributed by atoms with Crippen LogP contribution in [0.2, 0.25) is 0 Å². The van der Waals surface area contributed by atoms with Gasteiger partial charge in [0.2, 0.25) is 11.8 Å². The number of hydrogen-bond acceptors (Lipinski definition) is 5. The number of nitrogens with two attached hydrogens (primary N) is 2. The molecular formula is C24H48N4O3. The lowest BCUT2D eigenvalue weighted by Gasteiger charge is -2.26. The number of Topliss-reactive ketones (excluding diaryl/α,β-unsaturated/α-hetero) is 1. The van der Waals surface area contributed by atoms with Gasteiger partial charge in [0.05, 0.1) is 18.1 Å². The maximum absolute atomic E-state index is 12.8. The minimum atomic E-state index is -0.588. The molecule has 0 aliphatic heterocycles. The zero-order chi connectivity index (χ0) is 23.9. The second-order valence-electron chi connectivity index (χ2n) is 9.67. The van der Waals surface area contributed by atoms with Crippen LogP contribution >= 0.6 is 0 Å². The molecule has 0 aliphatic rings. The fraction of sp³-hybridized carbons (Fsp3) is 0.875. The van der Waals surface area contributed by atoms with E-state index in [4.69, 9.17) is 11.5 Å². The van der Waals surface area contributed by atoms with Gasteiger partial charge in [-0.15, -0.1) is 0 Å². The van der Waals surface area contributed by atoms with E-state index < -0.39 is 23.5 Å². The zero-order valence-electron chi connectivity index (χ0n) is 20.6. The molecule has 2 amide bonds. The van der Waals surface area contributed by atoms with Crippen LogP contribution in [0.1, 0.15) is 105 Å². The Morgan fingerprint density at radius 3 is 1.71 bits per heavy atom. The molecule has 3 atom stereocenters. The Balaban J connectivity index is 4.52. The highest BCUT2D eigenvalue weighted by atomic mass is 16.2. The highest BCUT2D eigenvalue weighted by Crippen LogP contribution is 2.19. The lowest BCUT2D eigenvalue weighted by Crippen LogP contribution is -2.51. The summed E-state index contributed by atoms with van der Waals surface area (Å²) in [7, 11) is 0. The first kappa shape index (κ1) is 29.5. The molecule has 31 heavy (non-hydrogen) atoms. The number of unbranched alkanes of at least 4 members (excludes halogenated alkanes) is 5. The molecule has 7 nitrogen and oxygen atoms in total. The Kier molecular flexibility index (Phi) is 15.4. The first-order chi connectivity index (χ1) is 14.5. The molecule has 0 aromatic heterocycles. The summed E-state index contributed by atoms with van der Waals surface area (Å²) in [5, 5.41) is 5.75. The molecule has 6 N–H and O–H groups in total. The maximum atomic E-state index is 12.8. The van der Waals surface area contributed by atoms with E-state index in [-0.39, 0.29) is 17.6 Å². The van der Waals surface area contributed by atoms with Gasteiger partial charge in [-0.1, -0.05) is 73.1 Å². The summed E-state index contributed by atoms with van der Waals surface area (Å²) in [6.45, 7) is 10.3. The number of hydrogen-bond donors (Lipinski definition) is 4. The Labute approximate surface area is 189 Å². The summed E-state index contributed by atoms with van der Waals surface area (Å²) < 4.78 is 0. The van der Waals surface area contributed by atoms with Crippen LogP contribution < -0.4 is 22.1 Å². The smallest absolute Gasteiger partial charge is 0.237 e. The molecule has 7 heteroatoms. The highest BCUT2D eigenvalue weighted by molar-refractivity contribution is 5.93. The molecule has 0 saturated carbocycles. The third kappa shape index (κ3) is 13.5. The van der Waals surface area contributed by atoms with Crippen molar-refractivity contribution in [3.8, 4) is 0 Å². The van der Waals surface area contributed by atoms with E-state index in [1.165, 1.54) is 0 Å². The quantitative estimate of drug-likeness (QED) is 0.258. The standard InChI is InChI=1S/C24H48N4O3/c1-6-8-10-14-18(25)22(30)27-17-13-12-16-20(21(29)24(3,4)5)28-23(31)19(26)15-11-9-7-2/h18-20H,6-17,25-26H2,1-5H3,(H,27,30)(H,28,31). The zero-order valence-corrected chi connectivity index (χ0v) is 20.6. The molecule has 0 aromatic carbocycles. The second kappa shape index (κ2) is 16.2. The number of rotatable bonds is 17. The molecular weight excluding hydrogens is 392 g/mol. The Morgan fingerprint density at radius 2 is 1.23 bits per heavy atom. The summed E-state index contributed by atoms with van der Waals surface area (Å²) in [5.41, 5.74) is 11.4. The normalized spacial score (nSPS) is 14.5. The van der Waals surface area contributed by atoms with E-state index in [0.717, 1.165) is 44.9 Å². The van der Waals surface area contributed by atoms with Gasteiger partial charge in [0.15, 0.2) is 5.78 Å². The molecule has 0 heterocycles. The number of ketones is 1. The van der Waals surface area contributed by atoms with Crippen LogP contribution in [-0.2, 0) is 14.4 Å². The minimum absolute atomic E-state index is 0.00332. The molecule has 0 fully saturated rings. The van der Waals surface area contributed by atoms with Crippen molar-refractivity contribution in [3.63, 3.8) is 0 Å². The molecule has 0 saturated heterocycles. The van der Waals surface area contributed by atoms with Gasteiger partial charge in [-0.05, 0) is 32.1 Å². The van der Waals surface area contributed by atoms with Gasteiger partial charge in [0, 0.05) is 12.0 Å². The van der Waals surface area contributed by atoms with E-state index in [9.17, 15) is 14.4 Å². The van der Waals surface area contributed by atoms with Crippen molar-refractivity contribution < 1.29 is 14.4 Å². The summed E-state index contributed by atoms with van der Waals surface area (Å²) in [6, 6.07) is -1.61. The first-order valence-electron chi connectivity index (χ1n) is 12.2. The van der Waals surface area contributed by atoms with Gasteiger partial charge in [-0.2, -0.15) is 0 Å². The number of amides is 2. The van der Waals surface area contributed by atoms with Crippen LogP contribution in [0.4, 0.5) is 0 Å². The van der Waals surface area contributed by atoms with Crippen molar-refractivity contribution in [1.82, 2.24) is 10.6 Å². The summed E-state index contributed by atoms with van der Waals surface area (Å²) >= 11 is 0. The van der Waals surface area contributed by atoms with Gasteiger partial charge in [-0.25, -0.2) is 0 Å². The van der Waals surface area contributed by atoms with Gasteiger partial charge in [-0.3, -0.25) is 14.4 Å². The number of nitrogens with one attached hydrogen (secondary N) is 2. The molecule has 0 aromatic rings. The number of carbonyl (C=O) groups is 3. The van der Waals surface area contributed by atoms with Gasteiger partial charge < -0.3 is 22.1 Å². The number of carbonyl (C=O) groups excluding carboxylic acids is 3. The largest absolute Gasteiger partial charge is 0.355 e. The van der Waals surface area contributed by atoms with E-state index in [1.54, 1.807) is 0 Å². The van der Waals surface area contributed by atoms with E-state index in [0.29, 0.717) is 32.2 Å². The predicted octanol–water partition coefficient (Wildman–Crippen LogP) is 3.19. The van der Waals surface area contributed by atoms with Crippen LogP contribution in [0.25, 0.3) is 0 Å². The highest BCUT2D eigenvalue weighted by Gasteiger charge is 2.31. The van der Waals surface area contributed by atoms with Crippen LogP contribution in [-0.4, -0.2) is 42.3 Å². The van der Waals surface area contributed by atoms with E-state index >= 15 is 0 Å². The molecule has 3 unspecified atom stereocenters. The van der Waals surface area contributed by atoms with Gasteiger partial charge in [0.25, 0.3) is 0 Å². The third-order valence-electron chi connectivity index (χ3n) is 5.50. The van der Waals surface area contributed by atoms with E-state index in [2.05, 4.69) is 24.5 Å². The molecule has 0 bridgehead atoms. The van der Waals surface area contributed by atoms with E-state index in [1.807, 2.05) is 20.8 Å². The van der Waals surface area contributed by atoms with Crippen LogP contribution in [0, 0.1) is 5.41 Å². The Morgan fingerprint density at radius 1 is 0.742 bits per heavy atom. The van der Waals surface area contributed by atoms with Crippen molar-refractivity contribution in [1.29, 1.82) is 0 Å². The van der Waals surface area contributed by atoms with Crippen molar-refractivity contribution in [3.05, 3.63) is 0 Å². The molecule has 0 aliphatic carbocycles. The van der Waals surface area contributed by atoms with Gasteiger partial charge in [0.1, 0.15) is 0 Å². The Hall–Kier alpha value is -1.47. The summed E-state index contributed by atoms with van der Waals surface area (Å²) in [6.07, 6.45) is 9.45.